The molecule has 144 valence electrons. The van der Waals surface area contributed by atoms with E-state index in [0.717, 1.165) is 0 Å². The fraction of sp³-hybridized carbons (Fsp3) is 0.706. The van der Waals surface area contributed by atoms with E-state index in [1.807, 2.05) is 21.1 Å². The van der Waals surface area contributed by atoms with Gasteiger partial charge in [0.15, 0.2) is 6.10 Å². The van der Waals surface area contributed by atoms with Crippen molar-refractivity contribution >= 4 is 17.9 Å². The highest BCUT2D eigenvalue weighted by Gasteiger charge is 2.24. The molecule has 2 atom stereocenters. The number of aliphatic hydroxyl groups is 1. The van der Waals surface area contributed by atoms with Crippen LogP contribution < -0.4 is 0 Å². The summed E-state index contributed by atoms with van der Waals surface area (Å²) in [6.07, 6.45) is 2.90. The molecule has 0 saturated carbocycles. The SMILES string of the molecule is C[N+](C)(C)CC(CC(=O)O)OC(=O)/C=C/CC(O)CCCCC(=O)O. The average molecular weight is 360 g/mol. The Morgan fingerprint density at radius 3 is 2.24 bits per heavy atom. The van der Waals surface area contributed by atoms with Crippen molar-refractivity contribution in [3.05, 3.63) is 12.2 Å². The number of nitrogens with zero attached hydrogens (tertiary/aromatic N) is 1. The zero-order chi connectivity index (χ0) is 19.5. The molecule has 0 radical (unpaired) electrons. The molecule has 0 saturated heterocycles. The molecule has 8 nitrogen and oxygen atoms in total. The van der Waals surface area contributed by atoms with Crippen molar-refractivity contribution in [3.63, 3.8) is 0 Å². The smallest absolute Gasteiger partial charge is 0.330 e. The maximum Gasteiger partial charge on any atom is 0.330 e. The highest BCUT2D eigenvalue weighted by molar-refractivity contribution is 5.82. The lowest BCUT2D eigenvalue weighted by Crippen LogP contribution is -2.43. The van der Waals surface area contributed by atoms with Crippen LogP contribution in [0.1, 0.15) is 38.5 Å². The first kappa shape index (κ1) is 23.1. The molecule has 2 unspecified atom stereocenters. The van der Waals surface area contributed by atoms with Gasteiger partial charge in [0.2, 0.25) is 0 Å². The van der Waals surface area contributed by atoms with Gasteiger partial charge in [0.25, 0.3) is 0 Å². The third kappa shape index (κ3) is 15.3. The molecule has 0 aliphatic rings. The Morgan fingerprint density at radius 2 is 1.72 bits per heavy atom. The van der Waals surface area contributed by atoms with Gasteiger partial charge in [-0.1, -0.05) is 12.5 Å². The van der Waals surface area contributed by atoms with E-state index in [0.29, 0.717) is 30.3 Å². The number of hydrogen-bond donors (Lipinski definition) is 3. The Labute approximate surface area is 148 Å². The number of quaternary nitrogens is 1. The van der Waals surface area contributed by atoms with Crippen LogP contribution in [0.2, 0.25) is 0 Å². The number of rotatable bonds is 13. The lowest BCUT2D eigenvalue weighted by Gasteiger charge is -2.28. The lowest BCUT2D eigenvalue weighted by molar-refractivity contribution is -0.873. The van der Waals surface area contributed by atoms with E-state index >= 15 is 0 Å². The molecule has 0 aromatic rings. The van der Waals surface area contributed by atoms with Crippen LogP contribution in [0.4, 0.5) is 0 Å². The molecule has 0 spiro atoms. The van der Waals surface area contributed by atoms with Gasteiger partial charge in [-0.05, 0) is 19.3 Å². The van der Waals surface area contributed by atoms with Crippen LogP contribution in [0.25, 0.3) is 0 Å². The summed E-state index contributed by atoms with van der Waals surface area (Å²) in [4.78, 5) is 33.0. The van der Waals surface area contributed by atoms with Crippen molar-refractivity contribution in [2.45, 2.75) is 50.7 Å². The number of hydrogen-bond acceptors (Lipinski definition) is 5. The van der Waals surface area contributed by atoms with E-state index in [9.17, 15) is 19.5 Å². The largest absolute Gasteiger partial charge is 0.481 e. The number of carbonyl (C=O) groups excluding carboxylic acids is 1. The molecule has 0 bridgehead atoms. The van der Waals surface area contributed by atoms with E-state index < -0.39 is 30.1 Å². The van der Waals surface area contributed by atoms with Crippen LogP contribution in [-0.4, -0.2) is 77.6 Å². The van der Waals surface area contributed by atoms with E-state index in [1.54, 1.807) is 0 Å². The van der Waals surface area contributed by atoms with Crippen molar-refractivity contribution in [2.75, 3.05) is 27.7 Å². The van der Waals surface area contributed by atoms with Gasteiger partial charge in [0.1, 0.15) is 6.54 Å². The summed E-state index contributed by atoms with van der Waals surface area (Å²) in [7, 11) is 5.62. The minimum absolute atomic E-state index is 0.0755. The number of aliphatic carboxylic acids is 2. The molecule has 8 heteroatoms. The monoisotopic (exact) mass is 360 g/mol. The van der Waals surface area contributed by atoms with Gasteiger partial charge >= 0.3 is 17.9 Å². The fourth-order valence-corrected chi connectivity index (χ4v) is 2.25. The summed E-state index contributed by atoms with van der Waals surface area (Å²) in [6.45, 7) is 0.373. The molecule has 0 aliphatic carbocycles. The summed E-state index contributed by atoms with van der Waals surface area (Å²) >= 11 is 0. The quantitative estimate of drug-likeness (QED) is 0.194. The maximum absolute atomic E-state index is 11.8. The Bertz CT molecular complexity index is 468. The van der Waals surface area contributed by atoms with E-state index in [4.69, 9.17) is 14.9 Å². The molecule has 0 rings (SSSR count). The van der Waals surface area contributed by atoms with Gasteiger partial charge in [-0.25, -0.2) is 4.79 Å². The van der Waals surface area contributed by atoms with Crippen molar-refractivity contribution in [1.82, 2.24) is 0 Å². The summed E-state index contributed by atoms with van der Waals surface area (Å²) in [5, 5.41) is 27.2. The first-order valence-electron chi connectivity index (χ1n) is 8.29. The predicted octanol–water partition coefficient (Wildman–Crippen LogP) is 1.03. The van der Waals surface area contributed by atoms with Crippen LogP contribution in [0, 0.1) is 0 Å². The maximum atomic E-state index is 11.8. The molecule has 3 N–H and O–H groups in total. The van der Waals surface area contributed by atoms with Gasteiger partial charge in [0.05, 0.1) is 33.7 Å². The van der Waals surface area contributed by atoms with Crippen LogP contribution in [-0.2, 0) is 19.1 Å². The van der Waals surface area contributed by atoms with Crippen molar-refractivity contribution in [2.24, 2.45) is 0 Å². The fourth-order valence-electron chi connectivity index (χ4n) is 2.25. The number of carboxylic acids is 2. The number of likely N-dealkylation sites (N-methyl/N-ethyl adjacent to an activating group) is 1. The molecule has 0 heterocycles. The first-order chi connectivity index (χ1) is 11.5. The van der Waals surface area contributed by atoms with Gasteiger partial charge in [-0.2, -0.15) is 0 Å². The second kappa shape index (κ2) is 11.6. The molecule has 25 heavy (non-hydrogen) atoms. The molecule has 0 aromatic heterocycles. The predicted molar refractivity (Wildman–Crippen MR) is 90.9 cm³/mol. The topological polar surface area (TPSA) is 121 Å². The summed E-state index contributed by atoms with van der Waals surface area (Å²) < 4.78 is 5.64. The second-order valence-corrected chi connectivity index (χ2v) is 7.06. The Morgan fingerprint density at radius 1 is 1.08 bits per heavy atom. The van der Waals surface area contributed by atoms with E-state index in [2.05, 4.69) is 0 Å². The summed E-state index contributed by atoms with van der Waals surface area (Å²) in [6, 6.07) is 0. The van der Waals surface area contributed by atoms with Gasteiger partial charge in [0, 0.05) is 12.5 Å². The zero-order valence-electron chi connectivity index (χ0n) is 15.2. The average Bonchev–Trinajstić information content (AvgIpc) is 2.40. The lowest BCUT2D eigenvalue weighted by atomic mass is 10.1. The Kier molecular flexibility index (Phi) is 10.7. The summed E-state index contributed by atoms with van der Waals surface area (Å²) in [5.41, 5.74) is 0. The number of carbonyl (C=O) groups is 3. The van der Waals surface area contributed by atoms with Crippen LogP contribution in [0.15, 0.2) is 12.2 Å². The molecular formula is C17H30NO7+. The standard InChI is InChI=1S/C17H29NO7/c1-18(2,3)12-14(11-16(22)23)25-17(24)10-6-8-13(19)7-4-5-9-15(20)21/h6,10,13-14,19H,4-5,7-9,11-12H2,1-3H3,(H-,20,21,22,23)/p+1/b10-6+. The number of ether oxygens (including phenoxy) is 1. The third-order valence-electron chi connectivity index (χ3n) is 3.28. The number of carboxylic acid groups (broad SMARTS) is 2. The van der Waals surface area contributed by atoms with Crippen molar-refractivity contribution in [1.29, 1.82) is 0 Å². The van der Waals surface area contributed by atoms with Crippen molar-refractivity contribution < 1.29 is 38.9 Å². The number of esters is 1. The molecule has 0 aromatic carbocycles. The molecule has 0 fully saturated rings. The second-order valence-electron chi connectivity index (χ2n) is 7.06. The van der Waals surface area contributed by atoms with E-state index in [1.165, 1.54) is 12.2 Å². The highest BCUT2D eigenvalue weighted by Crippen LogP contribution is 2.09. The van der Waals surface area contributed by atoms with Gasteiger partial charge in [-0.15, -0.1) is 0 Å². The molecule has 0 amide bonds. The molecule has 0 aliphatic heterocycles. The number of unbranched alkanes of at least 4 members (excludes halogenated alkanes) is 1. The van der Waals surface area contributed by atoms with Crippen molar-refractivity contribution in [3.8, 4) is 0 Å². The van der Waals surface area contributed by atoms with E-state index in [-0.39, 0.29) is 19.3 Å². The zero-order valence-corrected chi connectivity index (χ0v) is 15.2. The minimum atomic E-state index is -1.04. The molecular weight excluding hydrogens is 330 g/mol. The third-order valence-corrected chi connectivity index (χ3v) is 3.28. The summed E-state index contributed by atoms with van der Waals surface area (Å²) in [5.74, 6) is -2.54. The normalized spacial score (nSPS) is 14.2. The van der Waals surface area contributed by atoms with Crippen LogP contribution in [0.5, 0.6) is 0 Å². The van der Waals surface area contributed by atoms with Crippen LogP contribution in [0.3, 0.4) is 0 Å². The highest BCUT2D eigenvalue weighted by atomic mass is 16.5. The first-order valence-corrected chi connectivity index (χ1v) is 8.29. The van der Waals surface area contributed by atoms with Crippen LogP contribution >= 0.6 is 0 Å². The minimum Gasteiger partial charge on any atom is -0.481 e. The Balaban J connectivity index is 4.24. The number of aliphatic hydroxyl groups excluding tert-OH is 1. The van der Waals surface area contributed by atoms with Gasteiger partial charge < -0.3 is 24.5 Å². The Hall–Kier alpha value is -1.93. The van der Waals surface area contributed by atoms with Gasteiger partial charge in [-0.3, -0.25) is 9.59 Å².